The number of aryl methyl sites for hydroxylation is 1. The molecule has 1 heterocycles. The Hall–Kier alpha value is -2.39. The molecular weight excluding hydrogens is 314 g/mol. The van der Waals surface area contributed by atoms with Gasteiger partial charge in [0.2, 0.25) is 5.91 Å². The summed E-state index contributed by atoms with van der Waals surface area (Å²) in [7, 11) is 0. The van der Waals surface area contributed by atoms with Gasteiger partial charge < -0.3 is 5.32 Å². The summed E-state index contributed by atoms with van der Waals surface area (Å²) in [5, 5.41) is 5.26. The first-order chi connectivity index (χ1) is 11.8. The lowest BCUT2D eigenvalue weighted by atomic mass is 9.98. The molecule has 1 N–H and O–H groups in total. The molecule has 24 heavy (non-hydrogen) atoms. The Kier molecular flexibility index (Phi) is 5.80. The van der Waals surface area contributed by atoms with E-state index in [9.17, 15) is 4.79 Å². The van der Waals surface area contributed by atoms with E-state index in [0.29, 0.717) is 6.42 Å². The molecular formula is C21H21NOS. The Labute approximate surface area is 147 Å². The molecule has 0 bridgehead atoms. The van der Waals surface area contributed by atoms with E-state index in [1.54, 1.807) is 11.3 Å². The Morgan fingerprint density at radius 2 is 1.62 bits per heavy atom. The van der Waals surface area contributed by atoms with Crippen molar-refractivity contribution in [2.24, 2.45) is 0 Å². The number of hydrogen-bond donors (Lipinski definition) is 1. The average molecular weight is 335 g/mol. The summed E-state index contributed by atoms with van der Waals surface area (Å²) in [5.41, 5.74) is 2.37. The molecule has 0 aliphatic carbocycles. The SMILES string of the molecule is O=C(CCc1cccs1)N[C@H](Cc1ccccc1)c1ccccc1. The van der Waals surface area contributed by atoms with E-state index in [-0.39, 0.29) is 11.9 Å². The molecule has 3 heteroatoms. The van der Waals surface area contributed by atoms with Gasteiger partial charge in [0, 0.05) is 11.3 Å². The zero-order valence-electron chi connectivity index (χ0n) is 13.5. The van der Waals surface area contributed by atoms with E-state index in [1.165, 1.54) is 10.4 Å². The number of nitrogens with one attached hydrogen (secondary N) is 1. The van der Waals surface area contributed by atoms with Crippen LogP contribution in [0.15, 0.2) is 78.2 Å². The van der Waals surface area contributed by atoms with E-state index < -0.39 is 0 Å². The molecule has 0 radical (unpaired) electrons. The van der Waals surface area contributed by atoms with Crippen LogP contribution in [0.2, 0.25) is 0 Å². The third kappa shape index (κ3) is 4.80. The van der Waals surface area contributed by atoms with E-state index in [4.69, 9.17) is 0 Å². The van der Waals surface area contributed by atoms with Crippen LogP contribution in [-0.2, 0) is 17.6 Å². The average Bonchev–Trinajstić information content (AvgIpc) is 3.15. The van der Waals surface area contributed by atoms with Crippen molar-refractivity contribution in [2.75, 3.05) is 0 Å². The Balaban J connectivity index is 1.66. The van der Waals surface area contributed by atoms with Crippen LogP contribution >= 0.6 is 11.3 Å². The van der Waals surface area contributed by atoms with Crippen molar-refractivity contribution in [2.45, 2.75) is 25.3 Å². The third-order valence-electron chi connectivity index (χ3n) is 4.00. The topological polar surface area (TPSA) is 29.1 Å². The van der Waals surface area contributed by atoms with E-state index >= 15 is 0 Å². The summed E-state index contributed by atoms with van der Waals surface area (Å²) in [6, 6.07) is 24.6. The number of hydrogen-bond acceptors (Lipinski definition) is 2. The van der Waals surface area contributed by atoms with E-state index in [0.717, 1.165) is 18.4 Å². The van der Waals surface area contributed by atoms with Gasteiger partial charge in [-0.2, -0.15) is 0 Å². The predicted molar refractivity (Wildman–Crippen MR) is 100 cm³/mol. The highest BCUT2D eigenvalue weighted by Gasteiger charge is 2.15. The maximum absolute atomic E-state index is 12.4. The van der Waals surface area contributed by atoms with Gasteiger partial charge in [-0.3, -0.25) is 4.79 Å². The maximum atomic E-state index is 12.4. The van der Waals surface area contributed by atoms with Gasteiger partial charge in [-0.05, 0) is 35.4 Å². The second kappa shape index (κ2) is 8.46. The Bertz CT molecular complexity index is 738. The molecule has 1 amide bonds. The summed E-state index contributed by atoms with van der Waals surface area (Å²) in [6.45, 7) is 0. The fraction of sp³-hybridized carbons (Fsp3) is 0.190. The highest BCUT2D eigenvalue weighted by molar-refractivity contribution is 7.09. The number of carbonyl (C=O) groups is 1. The molecule has 2 nitrogen and oxygen atoms in total. The molecule has 0 saturated carbocycles. The molecule has 0 aliphatic rings. The third-order valence-corrected chi connectivity index (χ3v) is 4.93. The summed E-state index contributed by atoms with van der Waals surface area (Å²) in [4.78, 5) is 13.7. The minimum Gasteiger partial charge on any atom is -0.349 e. The first-order valence-electron chi connectivity index (χ1n) is 8.22. The fourth-order valence-corrected chi connectivity index (χ4v) is 3.45. The molecule has 0 aliphatic heterocycles. The standard InChI is InChI=1S/C21H21NOS/c23-21(14-13-19-12-7-15-24-19)22-20(18-10-5-2-6-11-18)16-17-8-3-1-4-9-17/h1-12,15,20H,13-14,16H2,(H,22,23)/t20-/m1/s1. The molecule has 0 spiro atoms. The molecule has 1 aromatic heterocycles. The van der Waals surface area contributed by atoms with Crippen LogP contribution in [-0.4, -0.2) is 5.91 Å². The van der Waals surface area contributed by atoms with Crippen LogP contribution in [0.4, 0.5) is 0 Å². The zero-order valence-corrected chi connectivity index (χ0v) is 14.3. The largest absolute Gasteiger partial charge is 0.349 e. The number of thiophene rings is 1. The van der Waals surface area contributed by atoms with Gasteiger partial charge in [-0.25, -0.2) is 0 Å². The smallest absolute Gasteiger partial charge is 0.220 e. The first-order valence-corrected chi connectivity index (χ1v) is 9.10. The minimum atomic E-state index is 0.00411. The fourth-order valence-electron chi connectivity index (χ4n) is 2.75. The summed E-state index contributed by atoms with van der Waals surface area (Å²) < 4.78 is 0. The number of rotatable bonds is 7. The Morgan fingerprint density at radius 3 is 2.29 bits per heavy atom. The molecule has 2 aromatic carbocycles. The minimum absolute atomic E-state index is 0.00411. The quantitative estimate of drug-likeness (QED) is 0.661. The van der Waals surface area contributed by atoms with Gasteiger partial charge in [-0.1, -0.05) is 66.7 Å². The van der Waals surface area contributed by atoms with Crippen molar-refractivity contribution < 1.29 is 4.79 Å². The molecule has 3 aromatic rings. The predicted octanol–water partition coefficient (Wildman–Crippen LogP) is 4.78. The van der Waals surface area contributed by atoms with Gasteiger partial charge in [0.15, 0.2) is 0 Å². The van der Waals surface area contributed by atoms with Gasteiger partial charge in [0.25, 0.3) is 0 Å². The van der Waals surface area contributed by atoms with Crippen molar-refractivity contribution >= 4 is 17.2 Å². The second-order valence-electron chi connectivity index (χ2n) is 5.80. The molecule has 122 valence electrons. The van der Waals surface area contributed by atoms with Crippen LogP contribution in [0.25, 0.3) is 0 Å². The van der Waals surface area contributed by atoms with Gasteiger partial charge in [0.05, 0.1) is 6.04 Å². The molecule has 0 saturated heterocycles. The Morgan fingerprint density at radius 1 is 0.917 bits per heavy atom. The zero-order chi connectivity index (χ0) is 16.6. The normalized spacial score (nSPS) is 11.8. The van der Waals surface area contributed by atoms with Crippen molar-refractivity contribution in [3.8, 4) is 0 Å². The summed E-state index contributed by atoms with van der Waals surface area (Å²) in [6.07, 6.45) is 2.13. The van der Waals surface area contributed by atoms with Crippen LogP contribution in [0.5, 0.6) is 0 Å². The van der Waals surface area contributed by atoms with Crippen LogP contribution in [0.1, 0.15) is 28.5 Å². The maximum Gasteiger partial charge on any atom is 0.220 e. The molecule has 0 fully saturated rings. The van der Waals surface area contributed by atoms with Gasteiger partial charge >= 0.3 is 0 Å². The van der Waals surface area contributed by atoms with Crippen molar-refractivity contribution in [1.29, 1.82) is 0 Å². The van der Waals surface area contributed by atoms with Gasteiger partial charge in [-0.15, -0.1) is 11.3 Å². The highest BCUT2D eigenvalue weighted by Crippen LogP contribution is 2.19. The van der Waals surface area contributed by atoms with Crippen LogP contribution in [0, 0.1) is 0 Å². The lowest BCUT2D eigenvalue weighted by molar-refractivity contribution is -0.121. The van der Waals surface area contributed by atoms with E-state index in [2.05, 4.69) is 41.0 Å². The number of benzene rings is 2. The van der Waals surface area contributed by atoms with Crippen LogP contribution < -0.4 is 5.32 Å². The summed E-state index contributed by atoms with van der Waals surface area (Å²) >= 11 is 1.70. The molecule has 0 unspecified atom stereocenters. The lowest BCUT2D eigenvalue weighted by Crippen LogP contribution is -2.30. The molecule has 1 atom stereocenters. The first kappa shape index (κ1) is 16.5. The number of carbonyl (C=O) groups excluding carboxylic acids is 1. The monoisotopic (exact) mass is 335 g/mol. The van der Waals surface area contributed by atoms with Crippen LogP contribution in [0.3, 0.4) is 0 Å². The van der Waals surface area contributed by atoms with Crippen molar-refractivity contribution in [1.82, 2.24) is 5.32 Å². The van der Waals surface area contributed by atoms with Gasteiger partial charge in [0.1, 0.15) is 0 Å². The second-order valence-corrected chi connectivity index (χ2v) is 6.83. The lowest BCUT2D eigenvalue weighted by Gasteiger charge is -2.19. The summed E-state index contributed by atoms with van der Waals surface area (Å²) in [5.74, 6) is 0.105. The molecule has 3 rings (SSSR count). The van der Waals surface area contributed by atoms with E-state index in [1.807, 2.05) is 42.5 Å². The number of amides is 1. The van der Waals surface area contributed by atoms with Crippen molar-refractivity contribution in [3.05, 3.63) is 94.2 Å². The highest BCUT2D eigenvalue weighted by atomic mass is 32.1. The van der Waals surface area contributed by atoms with Crippen molar-refractivity contribution in [3.63, 3.8) is 0 Å².